The molecule has 3 nitrogen and oxygen atoms in total. The second kappa shape index (κ2) is 7.42. The fourth-order valence-corrected chi connectivity index (χ4v) is 2.05. The Morgan fingerprint density at radius 3 is 2.44 bits per heavy atom. The molecule has 0 fully saturated rings. The maximum absolute atomic E-state index is 4.29. The molecule has 1 rings (SSSR count). The van der Waals surface area contributed by atoms with E-state index < -0.39 is 0 Å². The molecular weight excluding hydrogens is 198 g/mol. The first kappa shape index (κ1) is 13.2. The number of hydrogen-bond donors (Lipinski definition) is 0. The predicted octanol–water partition coefficient (Wildman–Crippen LogP) is 3.37. The molecule has 16 heavy (non-hydrogen) atoms. The molecule has 0 N–H and O–H groups in total. The highest BCUT2D eigenvalue weighted by molar-refractivity contribution is 5.10. The SMILES string of the molecule is CCCCCCn1nnc(CCC)c1CC. The smallest absolute Gasteiger partial charge is 0.0858 e. The van der Waals surface area contributed by atoms with Gasteiger partial charge < -0.3 is 0 Å². The molecule has 0 aliphatic heterocycles. The van der Waals surface area contributed by atoms with Gasteiger partial charge in [-0.05, 0) is 19.3 Å². The third-order valence-corrected chi connectivity index (χ3v) is 2.96. The summed E-state index contributed by atoms with van der Waals surface area (Å²) < 4.78 is 2.11. The van der Waals surface area contributed by atoms with Gasteiger partial charge in [-0.15, -0.1) is 5.10 Å². The topological polar surface area (TPSA) is 30.7 Å². The Kier molecular flexibility index (Phi) is 6.12. The lowest BCUT2D eigenvalue weighted by atomic mass is 10.1. The fraction of sp³-hybridized carbons (Fsp3) is 0.846. The van der Waals surface area contributed by atoms with E-state index in [0.717, 1.165) is 25.8 Å². The Morgan fingerprint density at radius 2 is 1.81 bits per heavy atom. The number of nitrogens with zero attached hydrogens (tertiary/aromatic N) is 3. The molecule has 3 heteroatoms. The quantitative estimate of drug-likeness (QED) is 0.633. The number of hydrogen-bond acceptors (Lipinski definition) is 2. The van der Waals surface area contributed by atoms with Crippen molar-refractivity contribution in [1.29, 1.82) is 0 Å². The molecule has 0 saturated carbocycles. The third kappa shape index (κ3) is 3.62. The Morgan fingerprint density at radius 1 is 1.00 bits per heavy atom. The van der Waals surface area contributed by atoms with Crippen LogP contribution in [0.4, 0.5) is 0 Å². The molecule has 0 aliphatic carbocycles. The molecule has 1 heterocycles. The lowest BCUT2D eigenvalue weighted by Gasteiger charge is -2.05. The Balaban J connectivity index is 2.51. The lowest BCUT2D eigenvalue weighted by Crippen LogP contribution is -2.05. The molecule has 0 amide bonds. The molecule has 0 bridgehead atoms. The minimum absolute atomic E-state index is 1.04. The molecule has 0 atom stereocenters. The van der Waals surface area contributed by atoms with Crippen molar-refractivity contribution in [2.75, 3.05) is 0 Å². The monoisotopic (exact) mass is 223 g/mol. The normalized spacial score (nSPS) is 10.9. The first-order valence-corrected chi connectivity index (χ1v) is 6.74. The summed E-state index contributed by atoms with van der Waals surface area (Å²) in [5, 5.41) is 8.56. The first-order chi connectivity index (χ1) is 7.83. The molecule has 1 aromatic heterocycles. The maximum atomic E-state index is 4.29. The van der Waals surface area contributed by atoms with Crippen LogP contribution in [0, 0.1) is 0 Å². The van der Waals surface area contributed by atoms with Crippen molar-refractivity contribution in [2.45, 2.75) is 72.3 Å². The van der Waals surface area contributed by atoms with Crippen molar-refractivity contribution in [3.63, 3.8) is 0 Å². The van der Waals surface area contributed by atoms with Crippen LogP contribution in [0.5, 0.6) is 0 Å². The summed E-state index contributed by atoms with van der Waals surface area (Å²) in [5.41, 5.74) is 2.55. The highest BCUT2D eigenvalue weighted by atomic mass is 15.4. The van der Waals surface area contributed by atoms with Gasteiger partial charge in [0, 0.05) is 6.54 Å². The van der Waals surface area contributed by atoms with Crippen molar-refractivity contribution >= 4 is 0 Å². The van der Waals surface area contributed by atoms with E-state index in [4.69, 9.17) is 0 Å². The molecule has 0 saturated heterocycles. The summed E-state index contributed by atoms with van der Waals surface area (Å²) in [6.07, 6.45) is 8.44. The van der Waals surface area contributed by atoms with E-state index in [9.17, 15) is 0 Å². The summed E-state index contributed by atoms with van der Waals surface area (Å²) >= 11 is 0. The summed E-state index contributed by atoms with van der Waals surface area (Å²) in [6.45, 7) is 7.67. The number of unbranched alkanes of at least 4 members (excludes halogenated alkanes) is 3. The average Bonchev–Trinajstić information content (AvgIpc) is 2.67. The molecule has 0 radical (unpaired) electrons. The van der Waals surface area contributed by atoms with E-state index in [-0.39, 0.29) is 0 Å². The molecule has 92 valence electrons. The van der Waals surface area contributed by atoms with Gasteiger partial charge in [0.2, 0.25) is 0 Å². The number of aromatic nitrogens is 3. The van der Waals surface area contributed by atoms with Crippen molar-refractivity contribution in [1.82, 2.24) is 15.0 Å². The highest BCUT2D eigenvalue weighted by Gasteiger charge is 2.09. The lowest BCUT2D eigenvalue weighted by molar-refractivity contribution is 0.513. The van der Waals surface area contributed by atoms with E-state index in [0.29, 0.717) is 0 Å². The first-order valence-electron chi connectivity index (χ1n) is 6.74. The van der Waals surface area contributed by atoms with Crippen LogP contribution in [0.15, 0.2) is 0 Å². The number of rotatable bonds is 8. The summed E-state index contributed by atoms with van der Waals surface area (Å²) in [6, 6.07) is 0. The second-order valence-electron chi connectivity index (χ2n) is 4.37. The van der Waals surface area contributed by atoms with Gasteiger partial charge in [0.1, 0.15) is 0 Å². The van der Waals surface area contributed by atoms with E-state index >= 15 is 0 Å². The minimum Gasteiger partial charge on any atom is -0.249 e. The zero-order chi connectivity index (χ0) is 11.8. The molecule has 0 aliphatic rings. The van der Waals surface area contributed by atoms with Gasteiger partial charge in [-0.1, -0.05) is 51.7 Å². The summed E-state index contributed by atoms with van der Waals surface area (Å²) in [4.78, 5) is 0. The van der Waals surface area contributed by atoms with E-state index in [1.165, 1.54) is 37.1 Å². The minimum atomic E-state index is 1.04. The molecule has 1 aromatic rings. The van der Waals surface area contributed by atoms with Crippen molar-refractivity contribution < 1.29 is 0 Å². The summed E-state index contributed by atoms with van der Waals surface area (Å²) in [5.74, 6) is 0. The van der Waals surface area contributed by atoms with Gasteiger partial charge in [0.05, 0.1) is 11.4 Å². The van der Waals surface area contributed by atoms with Crippen LogP contribution in [-0.2, 0) is 19.4 Å². The number of aryl methyl sites for hydroxylation is 2. The van der Waals surface area contributed by atoms with Gasteiger partial charge in [-0.2, -0.15) is 0 Å². The molecular formula is C13H25N3. The van der Waals surface area contributed by atoms with Crippen LogP contribution in [-0.4, -0.2) is 15.0 Å². The molecule has 0 aromatic carbocycles. The van der Waals surface area contributed by atoms with E-state index in [1.807, 2.05) is 0 Å². The van der Waals surface area contributed by atoms with Crippen LogP contribution < -0.4 is 0 Å². The van der Waals surface area contributed by atoms with Gasteiger partial charge in [-0.3, -0.25) is 0 Å². The van der Waals surface area contributed by atoms with E-state index in [1.54, 1.807) is 0 Å². The maximum Gasteiger partial charge on any atom is 0.0858 e. The Labute approximate surface area is 99.2 Å². The average molecular weight is 223 g/mol. The van der Waals surface area contributed by atoms with Crippen molar-refractivity contribution in [3.8, 4) is 0 Å². The standard InChI is InChI=1S/C13H25N3/c1-4-7-8-9-11-16-13(6-3)12(10-5-2)14-15-16/h4-11H2,1-3H3. The van der Waals surface area contributed by atoms with Crippen LogP contribution >= 0.6 is 0 Å². The molecule has 0 spiro atoms. The highest BCUT2D eigenvalue weighted by Crippen LogP contribution is 2.10. The van der Waals surface area contributed by atoms with Crippen molar-refractivity contribution in [2.24, 2.45) is 0 Å². The zero-order valence-electron chi connectivity index (χ0n) is 11.0. The molecule has 0 unspecified atom stereocenters. The third-order valence-electron chi connectivity index (χ3n) is 2.96. The fourth-order valence-electron chi connectivity index (χ4n) is 2.05. The van der Waals surface area contributed by atoms with Crippen molar-refractivity contribution in [3.05, 3.63) is 11.4 Å². The zero-order valence-corrected chi connectivity index (χ0v) is 11.0. The van der Waals surface area contributed by atoms with Gasteiger partial charge in [0.25, 0.3) is 0 Å². The van der Waals surface area contributed by atoms with Gasteiger partial charge >= 0.3 is 0 Å². The van der Waals surface area contributed by atoms with Gasteiger partial charge in [0.15, 0.2) is 0 Å². The predicted molar refractivity (Wildman–Crippen MR) is 67.5 cm³/mol. The Bertz CT molecular complexity index is 291. The van der Waals surface area contributed by atoms with Crippen LogP contribution in [0.2, 0.25) is 0 Å². The second-order valence-corrected chi connectivity index (χ2v) is 4.37. The van der Waals surface area contributed by atoms with E-state index in [2.05, 4.69) is 35.8 Å². The Hall–Kier alpha value is -0.860. The summed E-state index contributed by atoms with van der Waals surface area (Å²) in [7, 11) is 0. The van der Waals surface area contributed by atoms with Crippen LogP contribution in [0.1, 0.15) is 64.3 Å². The van der Waals surface area contributed by atoms with Crippen LogP contribution in [0.25, 0.3) is 0 Å². The van der Waals surface area contributed by atoms with Crippen LogP contribution in [0.3, 0.4) is 0 Å². The van der Waals surface area contributed by atoms with Gasteiger partial charge in [-0.25, -0.2) is 4.68 Å². The largest absolute Gasteiger partial charge is 0.249 e.